The third-order valence-corrected chi connectivity index (χ3v) is 4.38. The van der Waals surface area contributed by atoms with Crippen LogP contribution in [0, 0.1) is 6.92 Å². The summed E-state index contributed by atoms with van der Waals surface area (Å²) in [4.78, 5) is 0. The summed E-state index contributed by atoms with van der Waals surface area (Å²) in [6.45, 7) is 2.42. The maximum Gasteiger partial charge on any atom is 0.199 e. The van der Waals surface area contributed by atoms with Crippen LogP contribution in [0.2, 0.25) is 15.3 Å². The van der Waals surface area contributed by atoms with Gasteiger partial charge in [-0.25, -0.2) is 0 Å². The number of hydrogen-bond acceptors (Lipinski definition) is 2. The summed E-state index contributed by atoms with van der Waals surface area (Å²) in [5.74, 6) is 0. The van der Waals surface area contributed by atoms with Gasteiger partial charge in [0, 0.05) is 22.5 Å². The monoisotopic (exact) mass is 339 g/mol. The normalized spacial score (nSPS) is 11.0. The van der Waals surface area contributed by atoms with E-state index in [1.54, 1.807) is 0 Å². The van der Waals surface area contributed by atoms with Gasteiger partial charge in [-0.2, -0.15) is 0 Å². The third kappa shape index (κ3) is 2.84. The smallest absolute Gasteiger partial charge is 0.199 e. The molecule has 0 unspecified atom stereocenters. The Labute approximate surface area is 137 Å². The fraction of sp³-hybridized carbons (Fsp3) is 0.125. The Morgan fingerprint density at radius 3 is 2.62 bits per heavy atom. The molecule has 0 atom stereocenters. The van der Waals surface area contributed by atoms with Crippen LogP contribution in [0.3, 0.4) is 0 Å². The molecular weight excluding hydrogens is 329 g/mol. The van der Waals surface area contributed by atoms with Crippen LogP contribution in [0.1, 0.15) is 11.1 Å². The molecule has 1 aromatic heterocycles. The second-order valence-corrected chi connectivity index (χ2v) is 5.94. The lowest BCUT2D eigenvalue weighted by Crippen LogP contribution is -2.00. The lowest BCUT2D eigenvalue weighted by Gasteiger charge is -2.10. The van der Waals surface area contributed by atoms with Crippen LogP contribution in [-0.4, -0.2) is 0 Å². The molecule has 0 aliphatic rings. The van der Waals surface area contributed by atoms with E-state index in [1.807, 2.05) is 43.3 Å². The lowest BCUT2D eigenvalue weighted by atomic mass is 10.1. The first-order valence-electron chi connectivity index (χ1n) is 6.41. The summed E-state index contributed by atoms with van der Waals surface area (Å²) >= 11 is 18.5. The van der Waals surface area contributed by atoms with Gasteiger partial charge >= 0.3 is 0 Å². The van der Waals surface area contributed by atoms with Crippen molar-refractivity contribution in [2.45, 2.75) is 13.5 Å². The summed E-state index contributed by atoms with van der Waals surface area (Å²) in [5.41, 5.74) is 3.39. The molecule has 5 heteroatoms. The molecule has 21 heavy (non-hydrogen) atoms. The number of halogens is 3. The van der Waals surface area contributed by atoms with E-state index < -0.39 is 0 Å². The number of fused-ring (bicyclic) bond motifs is 1. The summed E-state index contributed by atoms with van der Waals surface area (Å²) in [7, 11) is 0. The second kappa shape index (κ2) is 5.80. The highest BCUT2D eigenvalue weighted by Crippen LogP contribution is 2.32. The van der Waals surface area contributed by atoms with Crippen LogP contribution in [0.15, 0.2) is 40.8 Å². The average Bonchev–Trinajstić information content (AvgIpc) is 2.77. The first-order chi connectivity index (χ1) is 10.1. The van der Waals surface area contributed by atoms with Gasteiger partial charge in [-0.3, -0.25) is 0 Å². The minimum absolute atomic E-state index is 0.387. The number of para-hydroxylation sites is 1. The van der Waals surface area contributed by atoms with E-state index in [2.05, 4.69) is 5.32 Å². The first-order valence-corrected chi connectivity index (χ1v) is 7.55. The maximum atomic E-state index is 6.22. The van der Waals surface area contributed by atoms with E-state index in [0.717, 1.165) is 27.8 Å². The topological polar surface area (TPSA) is 25.2 Å². The van der Waals surface area contributed by atoms with Crippen LogP contribution in [0.4, 0.5) is 5.69 Å². The number of benzene rings is 2. The van der Waals surface area contributed by atoms with Gasteiger partial charge in [0.05, 0.1) is 10.7 Å². The van der Waals surface area contributed by atoms with Crippen molar-refractivity contribution in [3.8, 4) is 0 Å². The van der Waals surface area contributed by atoms with Crippen LogP contribution in [0.25, 0.3) is 11.0 Å². The van der Waals surface area contributed by atoms with Gasteiger partial charge in [0.25, 0.3) is 0 Å². The number of anilines is 1. The maximum absolute atomic E-state index is 6.22. The van der Waals surface area contributed by atoms with Crippen molar-refractivity contribution < 1.29 is 4.42 Å². The molecule has 0 aliphatic heterocycles. The van der Waals surface area contributed by atoms with Crippen molar-refractivity contribution in [3.63, 3.8) is 0 Å². The Kier molecular flexibility index (Phi) is 4.03. The second-order valence-electron chi connectivity index (χ2n) is 4.79. The van der Waals surface area contributed by atoms with Gasteiger partial charge in [-0.15, -0.1) is 0 Å². The van der Waals surface area contributed by atoms with Crippen molar-refractivity contribution >= 4 is 51.5 Å². The molecule has 0 aliphatic carbocycles. The quantitative estimate of drug-likeness (QED) is 0.604. The van der Waals surface area contributed by atoms with Crippen LogP contribution < -0.4 is 5.32 Å². The molecule has 3 aromatic rings. The van der Waals surface area contributed by atoms with Crippen molar-refractivity contribution in [2.24, 2.45) is 0 Å². The molecule has 0 saturated heterocycles. The van der Waals surface area contributed by atoms with Crippen LogP contribution >= 0.6 is 34.8 Å². The van der Waals surface area contributed by atoms with Gasteiger partial charge in [0.2, 0.25) is 0 Å². The van der Waals surface area contributed by atoms with E-state index >= 15 is 0 Å². The molecule has 1 heterocycles. The minimum atomic E-state index is 0.387. The molecule has 0 fully saturated rings. The number of rotatable bonds is 3. The predicted molar refractivity (Wildman–Crippen MR) is 89.7 cm³/mol. The van der Waals surface area contributed by atoms with Gasteiger partial charge in [-0.05, 0) is 42.3 Å². The molecular formula is C16H12Cl3NO. The number of furan rings is 1. The van der Waals surface area contributed by atoms with E-state index in [-0.39, 0.29) is 0 Å². The number of aryl methyl sites for hydroxylation is 1. The van der Waals surface area contributed by atoms with Crippen LogP contribution in [-0.2, 0) is 6.54 Å². The van der Waals surface area contributed by atoms with Crippen molar-refractivity contribution in [2.75, 3.05) is 5.32 Å². The predicted octanol–water partition coefficient (Wildman–Crippen LogP) is 6.31. The largest absolute Gasteiger partial charge is 0.444 e. The van der Waals surface area contributed by atoms with Gasteiger partial charge < -0.3 is 9.73 Å². The molecule has 0 spiro atoms. The minimum Gasteiger partial charge on any atom is -0.444 e. The fourth-order valence-corrected chi connectivity index (χ4v) is 2.90. The highest BCUT2D eigenvalue weighted by Gasteiger charge is 2.12. The van der Waals surface area contributed by atoms with Crippen molar-refractivity contribution in [3.05, 3.63) is 62.8 Å². The Bertz CT molecular complexity index is 811. The van der Waals surface area contributed by atoms with Gasteiger partial charge in [0.1, 0.15) is 5.58 Å². The molecule has 0 bridgehead atoms. The standard InChI is InChI=1S/C16H12Cl3NO/c1-9-6-13(18)14(7-12(9)17)20-8-11-10-4-2-3-5-15(10)21-16(11)19/h2-7,20H,8H2,1H3. The SMILES string of the molecule is Cc1cc(Cl)c(NCc2c(Cl)oc3ccccc23)cc1Cl. The molecule has 0 radical (unpaired) electrons. The fourth-order valence-electron chi connectivity index (χ4n) is 2.20. The highest BCUT2D eigenvalue weighted by atomic mass is 35.5. The number of hydrogen-bond donors (Lipinski definition) is 1. The molecule has 3 rings (SSSR count). The Morgan fingerprint density at radius 2 is 1.81 bits per heavy atom. The third-order valence-electron chi connectivity index (χ3n) is 3.35. The van der Waals surface area contributed by atoms with Crippen molar-refractivity contribution in [1.82, 2.24) is 0 Å². The summed E-state index contributed by atoms with van der Waals surface area (Å²) in [6.07, 6.45) is 0. The molecule has 0 saturated carbocycles. The molecule has 2 nitrogen and oxygen atoms in total. The average molecular weight is 341 g/mol. The Balaban J connectivity index is 1.90. The van der Waals surface area contributed by atoms with E-state index in [4.69, 9.17) is 39.2 Å². The molecule has 1 N–H and O–H groups in total. The summed E-state index contributed by atoms with van der Waals surface area (Å²) in [6, 6.07) is 11.4. The molecule has 108 valence electrons. The van der Waals surface area contributed by atoms with E-state index in [1.165, 1.54) is 0 Å². The first kappa shape index (κ1) is 14.6. The zero-order valence-electron chi connectivity index (χ0n) is 11.2. The summed E-state index contributed by atoms with van der Waals surface area (Å²) < 4.78 is 5.53. The number of nitrogens with one attached hydrogen (secondary N) is 1. The zero-order valence-corrected chi connectivity index (χ0v) is 13.5. The van der Waals surface area contributed by atoms with Crippen LogP contribution in [0.5, 0.6) is 0 Å². The lowest BCUT2D eigenvalue weighted by molar-refractivity contribution is 0.613. The van der Waals surface area contributed by atoms with Crippen molar-refractivity contribution in [1.29, 1.82) is 0 Å². The van der Waals surface area contributed by atoms with E-state index in [0.29, 0.717) is 21.8 Å². The Morgan fingerprint density at radius 1 is 1.05 bits per heavy atom. The molecule has 0 amide bonds. The van der Waals surface area contributed by atoms with Gasteiger partial charge in [0.15, 0.2) is 5.22 Å². The highest BCUT2D eigenvalue weighted by molar-refractivity contribution is 6.35. The van der Waals surface area contributed by atoms with Gasteiger partial charge in [-0.1, -0.05) is 41.4 Å². The van der Waals surface area contributed by atoms with E-state index in [9.17, 15) is 0 Å². The zero-order chi connectivity index (χ0) is 15.0. The molecule has 2 aromatic carbocycles. The summed E-state index contributed by atoms with van der Waals surface area (Å²) in [5, 5.41) is 5.93. The Hall–Kier alpha value is -1.35.